The number of ether oxygens (including phenoxy) is 2. The van der Waals surface area contributed by atoms with Gasteiger partial charge in [0, 0.05) is 20.1 Å². The van der Waals surface area contributed by atoms with Crippen LogP contribution < -0.4 is 9.47 Å². The molecule has 8 heteroatoms. The third kappa shape index (κ3) is 3.18. The van der Waals surface area contributed by atoms with E-state index in [1.54, 1.807) is 31.1 Å². The zero-order valence-corrected chi connectivity index (χ0v) is 17.9. The van der Waals surface area contributed by atoms with Crippen molar-refractivity contribution >= 4 is 17.8 Å². The monoisotopic (exact) mass is 415 g/mol. The summed E-state index contributed by atoms with van der Waals surface area (Å²) < 4.78 is 10.7. The summed E-state index contributed by atoms with van der Waals surface area (Å²) in [6.07, 6.45) is 4.98. The highest BCUT2D eigenvalue weighted by atomic mass is 16.5. The number of hydrogen-bond donors (Lipinski definition) is 0. The molecule has 4 rings (SSSR count). The summed E-state index contributed by atoms with van der Waals surface area (Å²) in [5.74, 6) is 0.867. The second-order valence-electron chi connectivity index (χ2n) is 8.37. The average molecular weight is 415 g/mol. The zero-order valence-electron chi connectivity index (χ0n) is 17.9. The maximum Gasteiger partial charge on any atom is 0.327 e. The van der Waals surface area contributed by atoms with Crippen molar-refractivity contribution in [1.82, 2.24) is 14.7 Å². The van der Waals surface area contributed by atoms with E-state index in [-0.39, 0.29) is 24.4 Å². The smallest absolute Gasteiger partial charge is 0.327 e. The Morgan fingerprint density at radius 2 is 1.67 bits per heavy atom. The first-order valence-corrected chi connectivity index (χ1v) is 10.5. The predicted molar refractivity (Wildman–Crippen MR) is 109 cm³/mol. The normalized spacial score (nSPS) is 20.6. The SMILES string of the molecule is COc1cc2c(cc1OC)CN(C(=O)CN1C(=O)N(C)C3(CCCCC3)C1=O)CC2. The van der Waals surface area contributed by atoms with Crippen molar-refractivity contribution in [2.75, 3.05) is 34.4 Å². The van der Waals surface area contributed by atoms with Gasteiger partial charge in [-0.3, -0.25) is 14.5 Å². The molecule has 1 spiro atoms. The minimum absolute atomic E-state index is 0.202. The van der Waals surface area contributed by atoms with E-state index in [1.165, 1.54) is 0 Å². The Balaban J connectivity index is 1.48. The molecule has 1 aromatic rings. The van der Waals surface area contributed by atoms with E-state index < -0.39 is 5.54 Å². The second kappa shape index (κ2) is 7.81. The average Bonchev–Trinajstić information content (AvgIpc) is 2.94. The summed E-state index contributed by atoms with van der Waals surface area (Å²) in [7, 11) is 4.87. The predicted octanol–water partition coefficient (Wildman–Crippen LogP) is 2.19. The summed E-state index contributed by atoms with van der Waals surface area (Å²) in [6, 6.07) is 3.48. The molecule has 0 atom stereocenters. The molecule has 3 aliphatic rings. The van der Waals surface area contributed by atoms with Crippen molar-refractivity contribution in [2.45, 2.75) is 50.6 Å². The van der Waals surface area contributed by atoms with E-state index in [0.717, 1.165) is 35.3 Å². The zero-order chi connectivity index (χ0) is 21.5. The fraction of sp³-hybridized carbons (Fsp3) is 0.591. The van der Waals surface area contributed by atoms with Gasteiger partial charge in [-0.15, -0.1) is 0 Å². The van der Waals surface area contributed by atoms with Gasteiger partial charge >= 0.3 is 6.03 Å². The lowest BCUT2D eigenvalue weighted by Gasteiger charge is -2.35. The number of benzene rings is 1. The van der Waals surface area contributed by atoms with Crippen LogP contribution in [0.25, 0.3) is 0 Å². The molecule has 1 saturated carbocycles. The Hall–Kier alpha value is -2.77. The number of carbonyl (C=O) groups is 3. The van der Waals surface area contributed by atoms with Gasteiger partial charge in [-0.25, -0.2) is 4.79 Å². The van der Waals surface area contributed by atoms with Crippen LogP contribution in [0.2, 0.25) is 0 Å². The number of imide groups is 1. The molecule has 30 heavy (non-hydrogen) atoms. The molecule has 8 nitrogen and oxygen atoms in total. The van der Waals surface area contributed by atoms with Crippen molar-refractivity contribution in [3.05, 3.63) is 23.3 Å². The second-order valence-corrected chi connectivity index (χ2v) is 8.37. The third-order valence-electron chi connectivity index (χ3n) is 6.85. The summed E-state index contributed by atoms with van der Waals surface area (Å²) in [5, 5.41) is 0. The lowest BCUT2D eigenvalue weighted by Crippen LogP contribution is -2.50. The quantitative estimate of drug-likeness (QED) is 0.705. The van der Waals surface area contributed by atoms with Crippen molar-refractivity contribution in [2.24, 2.45) is 0 Å². The summed E-state index contributed by atoms with van der Waals surface area (Å²) in [5.41, 5.74) is 1.35. The number of hydrogen-bond acceptors (Lipinski definition) is 5. The van der Waals surface area contributed by atoms with E-state index >= 15 is 0 Å². The lowest BCUT2D eigenvalue weighted by molar-refractivity contribution is -0.140. The standard InChI is InChI=1S/C22H29N3O5/c1-23-21(28)25(20(27)22(23)8-5-4-6-9-22)14-19(26)24-10-7-15-11-17(29-2)18(30-3)12-16(15)13-24/h11-12H,4-10,13-14H2,1-3H3. The Labute approximate surface area is 176 Å². The summed E-state index contributed by atoms with van der Waals surface area (Å²) in [6.45, 7) is 0.761. The molecule has 0 unspecified atom stereocenters. The first kappa shape index (κ1) is 20.5. The molecule has 0 radical (unpaired) electrons. The van der Waals surface area contributed by atoms with Gasteiger partial charge in [0.25, 0.3) is 5.91 Å². The van der Waals surface area contributed by atoms with E-state index in [1.807, 2.05) is 12.1 Å². The Kier molecular flexibility index (Phi) is 5.34. The van der Waals surface area contributed by atoms with Crippen LogP contribution in [-0.2, 0) is 22.6 Å². The van der Waals surface area contributed by atoms with Crippen LogP contribution >= 0.6 is 0 Å². The molecule has 0 aromatic heterocycles. The molecule has 2 aliphatic heterocycles. The van der Waals surface area contributed by atoms with Gasteiger partial charge < -0.3 is 19.3 Å². The highest BCUT2D eigenvalue weighted by molar-refractivity contribution is 6.09. The molecule has 2 fully saturated rings. The molecule has 1 saturated heterocycles. The van der Waals surface area contributed by atoms with Crippen LogP contribution in [-0.4, -0.2) is 72.4 Å². The van der Waals surface area contributed by atoms with Gasteiger partial charge in [-0.2, -0.15) is 0 Å². The van der Waals surface area contributed by atoms with Crippen molar-refractivity contribution in [1.29, 1.82) is 0 Å². The summed E-state index contributed by atoms with van der Waals surface area (Å²) >= 11 is 0. The molecule has 0 bridgehead atoms. The van der Waals surface area contributed by atoms with E-state index in [2.05, 4.69) is 0 Å². The van der Waals surface area contributed by atoms with Gasteiger partial charge in [0.15, 0.2) is 11.5 Å². The molecule has 4 amide bonds. The number of nitrogens with zero attached hydrogens (tertiary/aromatic N) is 3. The largest absolute Gasteiger partial charge is 0.493 e. The van der Waals surface area contributed by atoms with Crippen molar-refractivity contribution in [3.8, 4) is 11.5 Å². The molecule has 0 N–H and O–H groups in total. The van der Waals surface area contributed by atoms with E-state index in [9.17, 15) is 14.4 Å². The van der Waals surface area contributed by atoms with E-state index in [0.29, 0.717) is 43.9 Å². The number of likely N-dealkylation sites (N-methyl/N-ethyl adjacent to an activating group) is 1. The topological polar surface area (TPSA) is 79.4 Å². The number of carbonyl (C=O) groups excluding carboxylic acids is 3. The fourth-order valence-corrected chi connectivity index (χ4v) is 5.00. The molecular weight excluding hydrogens is 386 g/mol. The molecule has 2 heterocycles. The third-order valence-corrected chi connectivity index (χ3v) is 6.85. The van der Waals surface area contributed by atoms with Gasteiger partial charge in [-0.05, 0) is 42.5 Å². The molecule has 1 aromatic carbocycles. The van der Waals surface area contributed by atoms with Crippen LogP contribution in [0, 0.1) is 0 Å². The number of urea groups is 1. The maximum absolute atomic E-state index is 13.1. The number of methoxy groups -OCH3 is 2. The van der Waals surface area contributed by atoms with Gasteiger partial charge in [0.2, 0.25) is 5.91 Å². The molecular formula is C22H29N3O5. The Morgan fingerprint density at radius 1 is 1.03 bits per heavy atom. The highest BCUT2D eigenvalue weighted by Gasteiger charge is 2.56. The van der Waals surface area contributed by atoms with Gasteiger partial charge in [0.1, 0.15) is 12.1 Å². The Morgan fingerprint density at radius 3 is 2.30 bits per heavy atom. The van der Waals surface area contributed by atoms with Crippen LogP contribution in [0.1, 0.15) is 43.2 Å². The minimum atomic E-state index is -0.756. The first-order valence-electron chi connectivity index (χ1n) is 10.5. The Bertz CT molecular complexity index is 878. The number of fused-ring (bicyclic) bond motifs is 1. The highest BCUT2D eigenvalue weighted by Crippen LogP contribution is 2.39. The maximum atomic E-state index is 13.1. The van der Waals surface area contributed by atoms with Crippen LogP contribution in [0.4, 0.5) is 4.79 Å². The van der Waals surface area contributed by atoms with Crippen molar-refractivity contribution in [3.63, 3.8) is 0 Å². The first-order chi connectivity index (χ1) is 14.4. The number of amides is 4. The number of rotatable bonds is 4. The lowest BCUT2D eigenvalue weighted by atomic mass is 9.81. The van der Waals surface area contributed by atoms with Gasteiger partial charge in [-0.1, -0.05) is 19.3 Å². The summed E-state index contributed by atoms with van der Waals surface area (Å²) in [4.78, 5) is 43.4. The minimum Gasteiger partial charge on any atom is -0.493 e. The molecule has 162 valence electrons. The van der Waals surface area contributed by atoms with Crippen LogP contribution in [0.15, 0.2) is 12.1 Å². The van der Waals surface area contributed by atoms with Crippen LogP contribution in [0.3, 0.4) is 0 Å². The van der Waals surface area contributed by atoms with Gasteiger partial charge in [0.05, 0.1) is 14.2 Å². The van der Waals surface area contributed by atoms with Crippen molar-refractivity contribution < 1.29 is 23.9 Å². The van der Waals surface area contributed by atoms with Crippen LogP contribution in [0.5, 0.6) is 11.5 Å². The molecule has 1 aliphatic carbocycles. The van der Waals surface area contributed by atoms with E-state index in [4.69, 9.17) is 9.47 Å². The fourth-order valence-electron chi connectivity index (χ4n) is 5.00.